The zero-order valence-corrected chi connectivity index (χ0v) is 9.04. The quantitative estimate of drug-likeness (QED) is 0.664. The van der Waals surface area contributed by atoms with Gasteiger partial charge in [0.15, 0.2) is 0 Å². The van der Waals surface area contributed by atoms with Gasteiger partial charge in [-0.1, -0.05) is 6.92 Å². The number of thiol groups is 1. The molecule has 1 amide bonds. The lowest BCUT2D eigenvalue weighted by atomic mass is 10.2. The van der Waals surface area contributed by atoms with E-state index in [0.29, 0.717) is 5.75 Å². The first-order valence-electron chi connectivity index (χ1n) is 4.69. The lowest BCUT2D eigenvalue weighted by Crippen LogP contribution is -2.40. The fourth-order valence-corrected chi connectivity index (χ4v) is 1.44. The number of carbonyl (C=O) groups excluding carboxylic acids is 1. The summed E-state index contributed by atoms with van der Waals surface area (Å²) in [6.45, 7) is 1.59. The highest BCUT2D eigenvalue weighted by Crippen LogP contribution is 2.27. The first-order chi connectivity index (χ1) is 6.56. The maximum absolute atomic E-state index is 11.7. The number of rotatable bonds is 5. The Kier molecular flexibility index (Phi) is 3.80. The predicted octanol–water partition coefficient (Wildman–Crippen LogP) is 0.628. The molecule has 14 heavy (non-hydrogen) atoms. The fourth-order valence-electron chi connectivity index (χ4n) is 1.28. The van der Waals surface area contributed by atoms with Crippen LogP contribution < -0.4 is 0 Å². The van der Waals surface area contributed by atoms with Crippen molar-refractivity contribution in [3.63, 3.8) is 0 Å². The molecule has 80 valence electrons. The third-order valence-electron chi connectivity index (χ3n) is 2.27. The molecule has 0 spiro atoms. The van der Waals surface area contributed by atoms with Gasteiger partial charge in [-0.15, -0.1) is 0 Å². The Morgan fingerprint density at radius 3 is 2.50 bits per heavy atom. The molecule has 1 aliphatic rings. The van der Waals surface area contributed by atoms with Crippen LogP contribution in [0.25, 0.3) is 0 Å². The largest absolute Gasteiger partial charge is 0.480 e. The van der Waals surface area contributed by atoms with Crippen LogP contribution >= 0.6 is 12.6 Å². The molecule has 1 atom stereocenters. The van der Waals surface area contributed by atoms with Crippen LogP contribution in [0.15, 0.2) is 0 Å². The van der Waals surface area contributed by atoms with Crippen molar-refractivity contribution in [3.05, 3.63) is 0 Å². The third-order valence-corrected chi connectivity index (χ3v) is 2.82. The normalized spacial score (nSPS) is 17.6. The molecule has 1 fully saturated rings. The highest BCUT2D eigenvalue weighted by molar-refractivity contribution is 7.80. The summed E-state index contributed by atoms with van der Waals surface area (Å²) >= 11 is 4.03. The van der Waals surface area contributed by atoms with Gasteiger partial charge in [0.25, 0.3) is 0 Å². The summed E-state index contributed by atoms with van der Waals surface area (Å²) in [5.74, 6) is -0.776. The first-order valence-corrected chi connectivity index (χ1v) is 5.32. The number of nitrogens with zero attached hydrogens (tertiary/aromatic N) is 1. The van der Waals surface area contributed by atoms with E-state index in [0.717, 1.165) is 12.8 Å². The summed E-state index contributed by atoms with van der Waals surface area (Å²) in [7, 11) is 0. The van der Waals surface area contributed by atoms with Gasteiger partial charge in [0.2, 0.25) is 5.91 Å². The van der Waals surface area contributed by atoms with Crippen LogP contribution in [0.5, 0.6) is 0 Å². The number of carboxylic acids is 1. The first kappa shape index (κ1) is 11.4. The van der Waals surface area contributed by atoms with Gasteiger partial charge in [-0.05, 0) is 12.8 Å². The van der Waals surface area contributed by atoms with Gasteiger partial charge in [-0.3, -0.25) is 9.59 Å². The Morgan fingerprint density at radius 1 is 1.57 bits per heavy atom. The molecule has 0 unspecified atom stereocenters. The maximum Gasteiger partial charge on any atom is 0.323 e. The summed E-state index contributed by atoms with van der Waals surface area (Å²) in [6.07, 6.45) is 1.86. The van der Waals surface area contributed by atoms with Crippen LogP contribution in [0.2, 0.25) is 0 Å². The van der Waals surface area contributed by atoms with E-state index in [1.165, 1.54) is 4.90 Å². The molecule has 4 nitrogen and oxygen atoms in total. The van der Waals surface area contributed by atoms with E-state index in [9.17, 15) is 9.59 Å². The minimum atomic E-state index is -0.948. The molecule has 1 N–H and O–H groups in total. The van der Waals surface area contributed by atoms with Crippen molar-refractivity contribution in [2.75, 3.05) is 12.3 Å². The second-order valence-corrected chi connectivity index (χ2v) is 4.04. The lowest BCUT2D eigenvalue weighted by Gasteiger charge is -2.23. The zero-order chi connectivity index (χ0) is 10.7. The molecule has 0 aliphatic heterocycles. The molecule has 1 rings (SSSR count). The van der Waals surface area contributed by atoms with Crippen molar-refractivity contribution in [3.8, 4) is 0 Å². The van der Waals surface area contributed by atoms with Crippen LogP contribution in [-0.2, 0) is 9.59 Å². The number of carboxylic acid groups (broad SMARTS) is 1. The van der Waals surface area contributed by atoms with Crippen molar-refractivity contribution >= 4 is 24.5 Å². The molecule has 0 heterocycles. The van der Waals surface area contributed by atoms with Crippen LogP contribution in [0.3, 0.4) is 0 Å². The van der Waals surface area contributed by atoms with E-state index < -0.39 is 5.97 Å². The summed E-state index contributed by atoms with van der Waals surface area (Å²) in [6, 6.07) is 0.154. The molecule has 0 radical (unpaired) electrons. The van der Waals surface area contributed by atoms with Crippen LogP contribution in [-0.4, -0.2) is 40.2 Å². The van der Waals surface area contributed by atoms with Gasteiger partial charge in [0, 0.05) is 17.7 Å². The number of hydrogen-bond donors (Lipinski definition) is 2. The van der Waals surface area contributed by atoms with E-state index >= 15 is 0 Å². The summed E-state index contributed by atoms with van der Waals surface area (Å²) in [4.78, 5) is 23.7. The number of amides is 1. The number of hydrogen-bond acceptors (Lipinski definition) is 3. The maximum atomic E-state index is 11.7. The summed E-state index contributed by atoms with van der Waals surface area (Å²) in [5, 5.41) is 8.65. The Balaban J connectivity index is 2.57. The SMILES string of the molecule is C[C@H](CS)C(=O)N(CC(=O)O)C1CC1. The van der Waals surface area contributed by atoms with Gasteiger partial charge in [0.1, 0.15) is 6.54 Å². The monoisotopic (exact) mass is 217 g/mol. The van der Waals surface area contributed by atoms with E-state index in [4.69, 9.17) is 5.11 Å². The molecule has 5 heteroatoms. The molecular weight excluding hydrogens is 202 g/mol. The Bertz CT molecular complexity index is 240. The number of aliphatic carboxylic acids is 1. The molecule has 0 aromatic rings. The molecule has 1 aliphatic carbocycles. The van der Waals surface area contributed by atoms with Crippen molar-refractivity contribution < 1.29 is 14.7 Å². The smallest absolute Gasteiger partial charge is 0.323 e. The Hall–Kier alpha value is -0.710. The second-order valence-electron chi connectivity index (χ2n) is 3.67. The molecule has 0 saturated heterocycles. The topological polar surface area (TPSA) is 57.6 Å². The van der Waals surface area contributed by atoms with Gasteiger partial charge in [-0.2, -0.15) is 12.6 Å². The van der Waals surface area contributed by atoms with Crippen molar-refractivity contribution in [1.29, 1.82) is 0 Å². The predicted molar refractivity (Wildman–Crippen MR) is 55.4 cm³/mol. The lowest BCUT2D eigenvalue weighted by molar-refractivity contribution is -0.146. The van der Waals surface area contributed by atoms with E-state index in [-0.39, 0.29) is 24.4 Å². The molecule has 0 bridgehead atoms. The van der Waals surface area contributed by atoms with Crippen molar-refractivity contribution in [2.45, 2.75) is 25.8 Å². The zero-order valence-electron chi connectivity index (χ0n) is 8.14. The molecule has 1 saturated carbocycles. The average molecular weight is 217 g/mol. The summed E-state index contributed by atoms with van der Waals surface area (Å²) < 4.78 is 0. The number of carbonyl (C=O) groups is 2. The van der Waals surface area contributed by atoms with E-state index in [1.807, 2.05) is 0 Å². The highest BCUT2D eigenvalue weighted by Gasteiger charge is 2.35. The van der Waals surface area contributed by atoms with Gasteiger partial charge in [0.05, 0.1) is 0 Å². The van der Waals surface area contributed by atoms with Gasteiger partial charge >= 0.3 is 5.97 Å². The van der Waals surface area contributed by atoms with Gasteiger partial charge in [-0.25, -0.2) is 0 Å². The van der Waals surface area contributed by atoms with E-state index in [1.54, 1.807) is 6.92 Å². The van der Waals surface area contributed by atoms with Crippen molar-refractivity contribution in [2.24, 2.45) is 5.92 Å². The Labute approximate surface area is 88.7 Å². The minimum Gasteiger partial charge on any atom is -0.480 e. The Morgan fingerprint density at radius 2 is 2.14 bits per heavy atom. The standard InChI is InChI=1S/C9H15NO3S/c1-6(5-14)9(13)10(4-8(11)12)7-2-3-7/h6-7,14H,2-5H2,1H3,(H,11,12)/t6-/m1/s1. The summed E-state index contributed by atoms with van der Waals surface area (Å²) in [5.41, 5.74) is 0. The minimum absolute atomic E-state index is 0.0927. The van der Waals surface area contributed by atoms with Crippen LogP contribution in [0.1, 0.15) is 19.8 Å². The fraction of sp³-hybridized carbons (Fsp3) is 0.778. The highest BCUT2D eigenvalue weighted by atomic mass is 32.1. The van der Waals surface area contributed by atoms with Crippen molar-refractivity contribution in [1.82, 2.24) is 4.90 Å². The van der Waals surface area contributed by atoms with Crippen LogP contribution in [0.4, 0.5) is 0 Å². The van der Waals surface area contributed by atoms with Crippen LogP contribution in [0, 0.1) is 5.92 Å². The molecule has 0 aromatic carbocycles. The van der Waals surface area contributed by atoms with Gasteiger partial charge < -0.3 is 10.0 Å². The second kappa shape index (κ2) is 4.68. The van der Waals surface area contributed by atoms with E-state index in [2.05, 4.69) is 12.6 Å². The third kappa shape index (κ3) is 2.90. The molecule has 0 aromatic heterocycles. The average Bonchev–Trinajstić information content (AvgIpc) is 2.94. The molecular formula is C9H15NO3S.